The largest absolute Gasteiger partial charge is 0.327 e. The van der Waals surface area contributed by atoms with Crippen LogP contribution in [0, 0.1) is 0 Å². The van der Waals surface area contributed by atoms with Gasteiger partial charge in [0.25, 0.3) is 0 Å². The first kappa shape index (κ1) is 12.0. The Kier molecular flexibility index (Phi) is 4.06. The molecule has 0 bridgehead atoms. The van der Waals surface area contributed by atoms with Gasteiger partial charge in [-0.05, 0) is 19.1 Å². The minimum atomic E-state index is -0.00286. The molecule has 0 fully saturated rings. The first-order valence-corrected chi connectivity index (χ1v) is 6.24. The molecule has 0 aliphatic rings. The molecular formula is C12H14N4S. The molecule has 0 aliphatic carbocycles. The van der Waals surface area contributed by atoms with Crippen LogP contribution >= 0.6 is 11.8 Å². The highest BCUT2D eigenvalue weighted by Gasteiger charge is 2.19. The third kappa shape index (κ3) is 3.25. The molecule has 0 aromatic carbocycles. The van der Waals surface area contributed by atoms with Gasteiger partial charge >= 0.3 is 0 Å². The molecule has 2 atom stereocenters. The van der Waals surface area contributed by atoms with Crippen LogP contribution in [-0.2, 0) is 0 Å². The van der Waals surface area contributed by atoms with Crippen molar-refractivity contribution in [3.8, 4) is 0 Å². The van der Waals surface area contributed by atoms with Crippen LogP contribution in [0.25, 0.3) is 0 Å². The maximum absolute atomic E-state index is 6.01. The Morgan fingerprint density at radius 3 is 2.65 bits per heavy atom. The molecule has 2 heterocycles. The summed E-state index contributed by atoms with van der Waals surface area (Å²) in [5.41, 5.74) is 6.98. The van der Waals surface area contributed by atoms with E-state index >= 15 is 0 Å². The number of pyridine rings is 1. The topological polar surface area (TPSA) is 64.7 Å². The molecule has 2 unspecified atom stereocenters. The van der Waals surface area contributed by atoms with Crippen molar-refractivity contribution >= 4 is 11.8 Å². The van der Waals surface area contributed by atoms with E-state index in [9.17, 15) is 0 Å². The second kappa shape index (κ2) is 5.75. The van der Waals surface area contributed by atoms with Crippen molar-refractivity contribution in [2.24, 2.45) is 5.73 Å². The minimum absolute atomic E-state index is 0.00286. The van der Waals surface area contributed by atoms with Gasteiger partial charge in [0, 0.05) is 24.6 Å². The zero-order chi connectivity index (χ0) is 12.1. The van der Waals surface area contributed by atoms with Crippen LogP contribution in [0.4, 0.5) is 0 Å². The second-order valence-electron chi connectivity index (χ2n) is 3.70. The van der Waals surface area contributed by atoms with E-state index in [0.717, 1.165) is 10.7 Å². The number of hydrogen-bond donors (Lipinski definition) is 1. The zero-order valence-electron chi connectivity index (χ0n) is 9.52. The summed E-state index contributed by atoms with van der Waals surface area (Å²) in [6.07, 6.45) is 6.86. The second-order valence-corrected chi connectivity index (χ2v) is 4.86. The molecule has 0 spiro atoms. The summed E-state index contributed by atoms with van der Waals surface area (Å²) in [6, 6.07) is 5.85. The SMILES string of the molecule is CC(N)C(Sc1cnccn1)c1ccccn1. The molecule has 17 heavy (non-hydrogen) atoms. The van der Waals surface area contributed by atoms with Gasteiger partial charge in [0.2, 0.25) is 0 Å². The first-order chi connectivity index (χ1) is 8.27. The highest BCUT2D eigenvalue weighted by atomic mass is 32.2. The molecule has 0 radical (unpaired) electrons. The Bertz CT molecular complexity index is 447. The Morgan fingerprint density at radius 2 is 2.06 bits per heavy atom. The number of nitrogens with two attached hydrogens (primary N) is 1. The van der Waals surface area contributed by atoms with Crippen LogP contribution in [0.1, 0.15) is 17.9 Å². The lowest BCUT2D eigenvalue weighted by molar-refractivity contribution is 0.704. The van der Waals surface area contributed by atoms with Gasteiger partial charge in [-0.15, -0.1) is 0 Å². The quantitative estimate of drug-likeness (QED) is 0.836. The van der Waals surface area contributed by atoms with Gasteiger partial charge in [0.1, 0.15) is 5.03 Å². The van der Waals surface area contributed by atoms with Crippen molar-refractivity contribution < 1.29 is 0 Å². The van der Waals surface area contributed by atoms with Crippen LogP contribution in [0.2, 0.25) is 0 Å². The minimum Gasteiger partial charge on any atom is -0.327 e. The molecule has 88 valence electrons. The van der Waals surface area contributed by atoms with Gasteiger partial charge in [-0.25, -0.2) is 4.98 Å². The molecule has 2 aromatic heterocycles. The van der Waals surface area contributed by atoms with Gasteiger partial charge in [0.05, 0.1) is 17.1 Å². The monoisotopic (exact) mass is 246 g/mol. The molecule has 2 aromatic rings. The molecule has 2 N–H and O–H groups in total. The molecule has 0 saturated carbocycles. The molecule has 0 amide bonds. The maximum Gasteiger partial charge on any atom is 0.115 e. The van der Waals surface area contributed by atoms with Crippen LogP contribution in [0.5, 0.6) is 0 Å². The standard InChI is InChI=1S/C12H14N4S/c1-9(13)12(10-4-2-3-5-15-10)17-11-8-14-6-7-16-11/h2-9,12H,13H2,1H3. The fraction of sp³-hybridized carbons (Fsp3) is 0.250. The fourth-order valence-electron chi connectivity index (χ4n) is 1.46. The van der Waals surface area contributed by atoms with Gasteiger partial charge in [-0.2, -0.15) is 0 Å². The number of thioether (sulfide) groups is 1. The molecule has 0 saturated heterocycles. The smallest absolute Gasteiger partial charge is 0.115 e. The van der Waals surface area contributed by atoms with Crippen LogP contribution < -0.4 is 5.73 Å². The van der Waals surface area contributed by atoms with E-state index in [0.29, 0.717) is 0 Å². The normalized spacial score (nSPS) is 14.2. The Balaban J connectivity index is 2.20. The Hall–Kier alpha value is -1.46. The third-order valence-corrected chi connectivity index (χ3v) is 3.62. The average Bonchev–Trinajstić information content (AvgIpc) is 2.38. The predicted molar refractivity (Wildman–Crippen MR) is 68.5 cm³/mol. The van der Waals surface area contributed by atoms with Gasteiger partial charge in [-0.3, -0.25) is 9.97 Å². The highest BCUT2D eigenvalue weighted by molar-refractivity contribution is 7.99. The summed E-state index contributed by atoms with van der Waals surface area (Å²) in [4.78, 5) is 12.6. The number of aromatic nitrogens is 3. The van der Waals surface area contributed by atoms with Crippen LogP contribution in [0.15, 0.2) is 48.0 Å². The van der Waals surface area contributed by atoms with Gasteiger partial charge < -0.3 is 5.73 Å². The van der Waals surface area contributed by atoms with E-state index in [4.69, 9.17) is 5.73 Å². The van der Waals surface area contributed by atoms with E-state index in [2.05, 4.69) is 15.0 Å². The summed E-state index contributed by atoms with van der Waals surface area (Å²) in [7, 11) is 0. The summed E-state index contributed by atoms with van der Waals surface area (Å²) < 4.78 is 0. The molecular weight excluding hydrogens is 232 g/mol. The highest BCUT2D eigenvalue weighted by Crippen LogP contribution is 2.34. The number of rotatable bonds is 4. The van der Waals surface area contributed by atoms with Crippen molar-refractivity contribution in [2.75, 3.05) is 0 Å². The number of nitrogens with zero attached hydrogens (tertiary/aromatic N) is 3. The first-order valence-electron chi connectivity index (χ1n) is 5.36. The van der Waals surface area contributed by atoms with Gasteiger partial charge in [-0.1, -0.05) is 17.8 Å². The molecule has 5 heteroatoms. The number of hydrogen-bond acceptors (Lipinski definition) is 5. The van der Waals surface area contributed by atoms with E-state index in [1.165, 1.54) is 0 Å². The van der Waals surface area contributed by atoms with Crippen LogP contribution in [-0.4, -0.2) is 21.0 Å². The lowest BCUT2D eigenvalue weighted by Gasteiger charge is -2.18. The summed E-state index contributed by atoms with van der Waals surface area (Å²) in [6.45, 7) is 1.97. The van der Waals surface area contributed by atoms with Crippen molar-refractivity contribution in [1.82, 2.24) is 15.0 Å². The van der Waals surface area contributed by atoms with E-state index < -0.39 is 0 Å². The molecule has 0 aliphatic heterocycles. The summed E-state index contributed by atoms with van der Waals surface area (Å²) in [5, 5.41) is 0.952. The van der Waals surface area contributed by atoms with Crippen molar-refractivity contribution in [2.45, 2.75) is 23.2 Å². The Labute approximate surface area is 105 Å². The Morgan fingerprint density at radius 1 is 1.18 bits per heavy atom. The van der Waals surface area contributed by atoms with Crippen LogP contribution in [0.3, 0.4) is 0 Å². The lowest BCUT2D eigenvalue weighted by Crippen LogP contribution is -2.23. The maximum atomic E-state index is 6.01. The lowest BCUT2D eigenvalue weighted by atomic mass is 10.2. The van der Waals surface area contributed by atoms with E-state index in [-0.39, 0.29) is 11.3 Å². The van der Waals surface area contributed by atoms with E-state index in [1.807, 2.05) is 25.1 Å². The predicted octanol–water partition coefficient (Wildman–Crippen LogP) is 2.05. The summed E-state index contributed by atoms with van der Waals surface area (Å²) in [5.74, 6) is 0. The van der Waals surface area contributed by atoms with Gasteiger partial charge in [0.15, 0.2) is 0 Å². The average molecular weight is 246 g/mol. The van der Waals surface area contributed by atoms with E-state index in [1.54, 1.807) is 36.5 Å². The molecule has 4 nitrogen and oxygen atoms in total. The van der Waals surface area contributed by atoms with Crippen molar-refractivity contribution in [3.05, 3.63) is 48.7 Å². The fourth-order valence-corrected chi connectivity index (χ4v) is 2.44. The van der Waals surface area contributed by atoms with Crippen molar-refractivity contribution in [1.29, 1.82) is 0 Å². The third-order valence-electron chi connectivity index (χ3n) is 2.24. The van der Waals surface area contributed by atoms with Crippen molar-refractivity contribution in [3.63, 3.8) is 0 Å². The molecule has 2 rings (SSSR count). The summed E-state index contributed by atoms with van der Waals surface area (Å²) >= 11 is 1.59. The zero-order valence-corrected chi connectivity index (χ0v) is 10.3.